The van der Waals surface area contributed by atoms with Gasteiger partial charge in [0.05, 0.1) is 13.2 Å². The first kappa shape index (κ1) is 22.3. The van der Waals surface area contributed by atoms with Crippen LogP contribution in [0.15, 0.2) is 47.7 Å². The van der Waals surface area contributed by atoms with Crippen molar-refractivity contribution >= 4 is 5.96 Å². The quantitative estimate of drug-likeness (QED) is 0.318. The van der Waals surface area contributed by atoms with Crippen LogP contribution in [0.4, 0.5) is 0 Å². The van der Waals surface area contributed by atoms with Gasteiger partial charge in [0.15, 0.2) is 5.96 Å². The molecule has 1 fully saturated rings. The Balaban J connectivity index is 1.36. The fraction of sp³-hybridized carbons (Fsp3) is 0.565. The summed E-state index contributed by atoms with van der Waals surface area (Å²) < 4.78 is 13.3. The number of rotatable bonds is 12. The topological polar surface area (TPSA) is 72.7 Å². The van der Waals surface area contributed by atoms with E-state index in [4.69, 9.17) is 9.47 Å². The van der Waals surface area contributed by atoms with Gasteiger partial charge in [0, 0.05) is 64.1 Å². The number of guanidine groups is 1. The Bertz CT molecular complexity index is 741. The summed E-state index contributed by atoms with van der Waals surface area (Å²) in [5, 5.41) is 6.72. The maximum Gasteiger partial charge on any atom is 0.191 e. The van der Waals surface area contributed by atoms with Crippen LogP contribution in [-0.4, -0.2) is 61.6 Å². The van der Waals surface area contributed by atoms with E-state index in [2.05, 4.69) is 56.4 Å². The highest BCUT2D eigenvalue weighted by Crippen LogP contribution is 2.12. The molecule has 1 saturated heterocycles. The number of nitrogens with one attached hydrogen (secondary N) is 2. The predicted molar refractivity (Wildman–Crippen MR) is 120 cm³/mol. The van der Waals surface area contributed by atoms with Gasteiger partial charge in [-0.3, -0.25) is 4.99 Å². The van der Waals surface area contributed by atoms with E-state index in [-0.39, 0.29) is 0 Å². The minimum atomic E-state index is 0.571. The summed E-state index contributed by atoms with van der Waals surface area (Å²) in [6.45, 7) is 8.57. The lowest BCUT2D eigenvalue weighted by molar-refractivity contribution is 0.0893. The molecular weight excluding hydrogens is 378 g/mol. The van der Waals surface area contributed by atoms with Crippen LogP contribution in [0.25, 0.3) is 0 Å². The lowest BCUT2D eigenvalue weighted by Crippen LogP contribution is -2.38. The van der Waals surface area contributed by atoms with Gasteiger partial charge in [-0.05, 0) is 25.3 Å². The molecule has 30 heavy (non-hydrogen) atoms. The molecule has 1 aromatic heterocycles. The molecule has 7 heteroatoms. The smallest absolute Gasteiger partial charge is 0.191 e. The van der Waals surface area contributed by atoms with Gasteiger partial charge in [0.2, 0.25) is 0 Å². The van der Waals surface area contributed by atoms with E-state index in [0.29, 0.717) is 5.92 Å². The second kappa shape index (κ2) is 13.0. The Morgan fingerprint density at radius 2 is 2.20 bits per heavy atom. The Hall–Kier alpha value is -2.38. The highest BCUT2D eigenvalue weighted by atomic mass is 16.5. The molecule has 1 atom stereocenters. The molecule has 2 N–H and O–H groups in total. The standard InChI is InChI=1S/C23H35N5O2/c1-2-24-23(26-11-6-15-29-18-21-10-16-30-19-21)27-12-9-22-25-13-14-28(22)17-20-7-4-3-5-8-20/h3-5,7-8,13-14,21H,2,6,9-12,15-19H2,1H3,(H2,24,26,27). The minimum absolute atomic E-state index is 0.571. The van der Waals surface area contributed by atoms with E-state index in [9.17, 15) is 0 Å². The summed E-state index contributed by atoms with van der Waals surface area (Å²) >= 11 is 0. The van der Waals surface area contributed by atoms with Crippen LogP contribution >= 0.6 is 0 Å². The Labute approximate surface area is 179 Å². The molecule has 1 aliphatic rings. The van der Waals surface area contributed by atoms with Gasteiger partial charge in [-0.15, -0.1) is 0 Å². The fourth-order valence-electron chi connectivity index (χ4n) is 3.45. The van der Waals surface area contributed by atoms with Crippen molar-refractivity contribution < 1.29 is 9.47 Å². The van der Waals surface area contributed by atoms with Crippen molar-refractivity contribution in [3.63, 3.8) is 0 Å². The first-order chi connectivity index (χ1) is 14.8. The summed E-state index contributed by atoms with van der Waals surface area (Å²) in [7, 11) is 0. The van der Waals surface area contributed by atoms with Crippen LogP contribution in [0, 0.1) is 5.92 Å². The highest BCUT2D eigenvalue weighted by Gasteiger charge is 2.15. The summed E-state index contributed by atoms with van der Waals surface area (Å²) in [6, 6.07) is 10.5. The third-order valence-electron chi connectivity index (χ3n) is 5.08. The number of hydrogen-bond acceptors (Lipinski definition) is 4. The normalized spacial score (nSPS) is 16.7. The lowest BCUT2D eigenvalue weighted by atomic mass is 10.1. The van der Waals surface area contributed by atoms with Crippen LogP contribution in [-0.2, 0) is 22.4 Å². The van der Waals surface area contributed by atoms with E-state index in [1.54, 1.807) is 0 Å². The van der Waals surface area contributed by atoms with Crippen LogP contribution in [0.3, 0.4) is 0 Å². The van der Waals surface area contributed by atoms with E-state index >= 15 is 0 Å². The molecular formula is C23H35N5O2. The summed E-state index contributed by atoms with van der Waals surface area (Å²) in [4.78, 5) is 9.18. The van der Waals surface area contributed by atoms with Crippen LogP contribution in [0.2, 0.25) is 0 Å². The summed E-state index contributed by atoms with van der Waals surface area (Å²) in [5.41, 5.74) is 1.28. The average Bonchev–Trinajstić information content (AvgIpc) is 3.44. The van der Waals surface area contributed by atoms with Crippen molar-refractivity contribution in [2.24, 2.45) is 10.9 Å². The van der Waals surface area contributed by atoms with Gasteiger partial charge >= 0.3 is 0 Å². The molecule has 0 spiro atoms. The van der Waals surface area contributed by atoms with Crippen LogP contribution < -0.4 is 10.6 Å². The van der Waals surface area contributed by atoms with Crippen molar-refractivity contribution in [1.29, 1.82) is 0 Å². The van der Waals surface area contributed by atoms with E-state index in [0.717, 1.165) is 83.7 Å². The highest BCUT2D eigenvalue weighted by molar-refractivity contribution is 5.79. The van der Waals surface area contributed by atoms with E-state index < -0.39 is 0 Å². The van der Waals surface area contributed by atoms with Crippen molar-refractivity contribution in [3.8, 4) is 0 Å². The van der Waals surface area contributed by atoms with Crippen molar-refractivity contribution in [2.45, 2.75) is 32.7 Å². The van der Waals surface area contributed by atoms with Crippen molar-refractivity contribution in [1.82, 2.24) is 20.2 Å². The third kappa shape index (κ3) is 7.80. The predicted octanol–water partition coefficient (Wildman–Crippen LogP) is 2.47. The van der Waals surface area contributed by atoms with Gasteiger partial charge in [0.1, 0.15) is 5.82 Å². The molecule has 0 bridgehead atoms. The van der Waals surface area contributed by atoms with Crippen molar-refractivity contribution in [2.75, 3.05) is 46.1 Å². The van der Waals surface area contributed by atoms with Crippen LogP contribution in [0.1, 0.15) is 31.2 Å². The molecule has 0 saturated carbocycles. The number of nitrogens with zero attached hydrogens (tertiary/aromatic N) is 3. The van der Waals surface area contributed by atoms with Gasteiger partial charge in [-0.25, -0.2) is 4.98 Å². The molecule has 0 amide bonds. The molecule has 1 aromatic carbocycles. The molecule has 0 aliphatic carbocycles. The third-order valence-corrected chi connectivity index (χ3v) is 5.08. The van der Waals surface area contributed by atoms with Gasteiger partial charge in [-0.2, -0.15) is 0 Å². The molecule has 164 valence electrons. The largest absolute Gasteiger partial charge is 0.381 e. The number of hydrogen-bond donors (Lipinski definition) is 2. The van der Waals surface area contributed by atoms with Gasteiger partial charge < -0.3 is 24.7 Å². The van der Waals surface area contributed by atoms with E-state index in [1.807, 2.05) is 18.5 Å². The number of aliphatic imine (C=N–C) groups is 1. The number of benzene rings is 1. The minimum Gasteiger partial charge on any atom is -0.381 e. The zero-order valence-corrected chi connectivity index (χ0v) is 18.1. The molecule has 0 radical (unpaired) electrons. The first-order valence-corrected chi connectivity index (χ1v) is 11.1. The average molecular weight is 414 g/mol. The summed E-state index contributed by atoms with van der Waals surface area (Å²) in [5.74, 6) is 2.50. The SMILES string of the molecule is CCNC(=NCCCOCC1CCOC1)NCCc1nccn1Cc1ccccc1. The van der Waals surface area contributed by atoms with Crippen molar-refractivity contribution in [3.05, 3.63) is 54.1 Å². The van der Waals surface area contributed by atoms with Crippen LogP contribution in [0.5, 0.6) is 0 Å². The maximum atomic E-state index is 5.75. The maximum absolute atomic E-state index is 5.75. The number of imidazole rings is 1. The Morgan fingerprint density at radius 3 is 3.00 bits per heavy atom. The Morgan fingerprint density at radius 1 is 1.30 bits per heavy atom. The van der Waals surface area contributed by atoms with E-state index in [1.165, 1.54) is 5.56 Å². The molecule has 1 unspecified atom stereocenters. The van der Waals surface area contributed by atoms with Gasteiger partial charge in [-0.1, -0.05) is 30.3 Å². The monoisotopic (exact) mass is 413 g/mol. The number of aromatic nitrogens is 2. The fourth-order valence-corrected chi connectivity index (χ4v) is 3.45. The molecule has 2 heterocycles. The first-order valence-electron chi connectivity index (χ1n) is 11.1. The molecule has 1 aliphatic heterocycles. The second-order valence-electron chi connectivity index (χ2n) is 7.55. The Kier molecular flexibility index (Phi) is 9.69. The zero-order chi connectivity index (χ0) is 20.9. The molecule has 7 nitrogen and oxygen atoms in total. The second-order valence-corrected chi connectivity index (χ2v) is 7.55. The lowest BCUT2D eigenvalue weighted by Gasteiger charge is -2.12. The molecule has 2 aromatic rings. The number of ether oxygens (including phenoxy) is 2. The zero-order valence-electron chi connectivity index (χ0n) is 18.1. The van der Waals surface area contributed by atoms with Gasteiger partial charge in [0.25, 0.3) is 0 Å². The molecule has 3 rings (SSSR count). The summed E-state index contributed by atoms with van der Waals surface area (Å²) in [6.07, 6.45) is 6.80.